The highest BCUT2D eigenvalue weighted by Crippen LogP contribution is 2.08. The maximum Gasteiger partial charge on any atom is 0.332 e. The zero-order valence-corrected chi connectivity index (χ0v) is 12.5. The summed E-state index contributed by atoms with van der Waals surface area (Å²) in [4.78, 5) is 24.2. The molecule has 0 unspecified atom stereocenters. The fraction of sp³-hybridized carbons (Fsp3) is 0.846. The van der Waals surface area contributed by atoms with Crippen molar-refractivity contribution in [1.29, 1.82) is 0 Å². The van der Waals surface area contributed by atoms with Gasteiger partial charge in [-0.3, -0.25) is 0 Å². The fourth-order valence-corrected chi connectivity index (χ4v) is 1.91. The highest BCUT2D eigenvalue weighted by molar-refractivity contribution is 5.75. The zero-order valence-electron chi connectivity index (χ0n) is 12.5. The molecule has 0 aromatic rings. The largest absolute Gasteiger partial charge is 0.479 e. The van der Waals surface area contributed by atoms with Crippen LogP contribution in [0.1, 0.15) is 33.1 Å². The van der Waals surface area contributed by atoms with Gasteiger partial charge in [0.15, 0.2) is 6.10 Å². The number of amides is 2. The molecule has 0 aromatic heterocycles. The van der Waals surface area contributed by atoms with Gasteiger partial charge in [0.05, 0.1) is 6.61 Å². The molecule has 3 N–H and O–H groups in total. The molecule has 2 amide bonds. The Morgan fingerprint density at radius 1 is 1.30 bits per heavy atom. The molecule has 20 heavy (non-hydrogen) atoms. The van der Waals surface area contributed by atoms with E-state index in [0.717, 1.165) is 12.8 Å². The van der Waals surface area contributed by atoms with E-state index in [1.807, 2.05) is 13.8 Å². The molecule has 1 atom stereocenters. The van der Waals surface area contributed by atoms with Gasteiger partial charge in [-0.15, -0.1) is 0 Å². The van der Waals surface area contributed by atoms with E-state index in [4.69, 9.17) is 14.9 Å². The average molecular weight is 290 g/mol. The van der Waals surface area contributed by atoms with Crippen LogP contribution < -0.4 is 5.32 Å². The molecule has 0 aliphatic carbocycles. The van der Waals surface area contributed by atoms with Gasteiger partial charge < -0.3 is 25.2 Å². The number of rotatable bonds is 10. The Balaban J connectivity index is 4.36. The number of ether oxygens (including phenoxy) is 1. The second kappa shape index (κ2) is 10.4. The number of nitrogens with zero attached hydrogens (tertiary/aromatic N) is 1. The molecule has 0 spiro atoms. The summed E-state index contributed by atoms with van der Waals surface area (Å²) < 4.78 is 5.00. The highest BCUT2D eigenvalue weighted by Gasteiger charge is 2.21. The quantitative estimate of drug-likeness (QED) is 0.549. The standard InChI is InChI=1S/C13H26N2O5/c1-4-10(5-2)15(8-9-20-3)13(19)14-7-6-11(16)12(17)18/h10-11,16H,4-9H2,1-3H3,(H,14,19)(H,17,18)/t11-/m0/s1. The number of aliphatic hydroxyl groups is 1. The first-order valence-electron chi connectivity index (χ1n) is 6.92. The summed E-state index contributed by atoms with van der Waals surface area (Å²) >= 11 is 0. The van der Waals surface area contributed by atoms with Gasteiger partial charge in [0, 0.05) is 32.7 Å². The smallest absolute Gasteiger partial charge is 0.332 e. The molecule has 0 bridgehead atoms. The lowest BCUT2D eigenvalue weighted by Crippen LogP contribution is -2.48. The van der Waals surface area contributed by atoms with Crippen LogP contribution in [0, 0.1) is 0 Å². The Hall–Kier alpha value is -1.34. The predicted octanol–water partition coefficient (Wildman–Crippen LogP) is 0.669. The number of carboxylic acid groups (broad SMARTS) is 1. The van der Waals surface area contributed by atoms with E-state index < -0.39 is 12.1 Å². The molecule has 0 saturated carbocycles. The monoisotopic (exact) mass is 290 g/mol. The van der Waals surface area contributed by atoms with Gasteiger partial charge in [0.25, 0.3) is 0 Å². The van der Waals surface area contributed by atoms with Crippen molar-refractivity contribution < 1.29 is 24.5 Å². The summed E-state index contributed by atoms with van der Waals surface area (Å²) in [5.74, 6) is -1.28. The summed E-state index contributed by atoms with van der Waals surface area (Å²) in [6, 6.07) is -0.136. The van der Waals surface area contributed by atoms with Gasteiger partial charge in [-0.1, -0.05) is 13.8 Å². The third-order valence-corrected chi connectivity index (χ3v) is 3.16. The van der Waals surface area contributed by atoms with Crippen LogP contribution in [0.15, 0.2) is 0 Å². The minimum absolute atomic E-state index is 0.0118. The van der Waals surface area contributed by atoms with E-state index >= 15 is 0 Å². The number of hydrogen-bond donors (Lipinski definition) is 3. The number of aliphatic carboxylic acids is 1. The van der Waals surface area contributed by atoms with Gasteiger partial charge in [-0.05, 0) is 12.8 Å². The molecule has 7 nitrogen and oxygen atoms in total. The van der Waals surface area contributed by atoms with Gasteiger partial charge in [0.1, 0.15) is 0 Å². The van der Waals surface area contributed by atoms with Gasteiger partial charge >= 0.3 is 12.0 Å². The molecule has 7 heteroatoms. The molecular formula is C13H26N2O5. The minimum atomic E-state index is -1.45. The molecule has 0 aliphatic heterocycles. The predicted molar refractivity (Wildman–Crippen MR) is 74.6 cm³/mol. The van der Waals surface area contributed by atoms with Gasteiger partial charge in [-0.2, -0.15) is 0 Å². The van der Waals surface area contributed by atoms with Crippen LogP contribution >= 0.6 is 0 Å². The maximum atomic E-state index is 12.1. The third kappa shape index (κ3) is 6.72. The van der Waals surface area contributed by atoms with E-state index in [0.29, 0.717) is 13.2 Å². The Morgan fingerprint density at radius 2 is 1.90 bits per heavy atom. The van der Waals surface area contributed by atoms with Crippen LogP contribution in [0.5, 0.6) is 0 Å². The molecule has 0 fully saturated rings. The Morgan fingerprint density at radius 3 is 2.35 bits per heavy atom. The fourth-order valence-electron chi connectivity index (χ4n) is 1.91. The topological polar surface area (TPSA) is 99.1 Å². The second-order valence-electron chi connectivity index (χ2n) is 4.53. The molecular weight excluding hydrogens is 264 g/mol. The first kappa shape index (κ1) is 18.7. The van der Waals surface area contributed by atoms with Crippen molar-refractivity contribution in [3.63, 3.8) is 0 Å². The number of carboxylic acids is 1. The first-order valence-corrected chi connectivity index (χ1v) is 6.92. The molecule has 0 aliphatic rings. The number of carbonyl (C=O) groups is 2. The number of nitrogens with one attached hydrogen (secondary N) is 1. The lowest BCUT2D eigenvalue weighted by atomic mass is 10.1. The van der Waals surface area contributed by atoms with Gasteiger partial charge in [-0.25, -0.2) is 9.59 Å². The van der Waals surface area contributed by atoms with Gasteiger partial charge in [0.2, 0.25) is 0 Å². The van der Waals surface area contributed by atoms with Crippen LogP contribution in [0.3, 0.4) is 0 Å². The number of carbonyl (C=O) groups excluding carboxylic acids is 1. The highest BCUT2D eigenvalue weighted by atomic mass is 16.5. The summed E-state index contributed by atoms with van der Waals surface area (Å²) in [5.41, 5.74) is 0. The molecule has 0 saturated heterocycles. The summed E-state index contributed by atoms with van der Waals surface area (Å²) in [7, 11) is 1.58. The zero-order chi connectivity index (χ0) is 15.5. The molecule has 0 aromatic carbocycles. The van der Waals surface area contributed by atoms with Crippen molar-refractivity contribution in [1.82, 2.24) is 10.2 Å². The molecule has 0 radical (unpaired) electrons. The Bertz CT molecular complexity index is 294. The van der Waals surface area contributed by atoms with E-state index in [-0.39, 0.29) is 25.0 Å². The minimum Gasteiger partial charge on any atom is -0.479 e. The number of methoxy groups -OCH3 is 1. The van der Waals surface area contributed by atoms with E-state index in [9.17, 15) is 9.59 Å². The Labute approximate surface area is 119 Å². The number of urea groups is 1. The van der Waals surface area contributed by atoms with Crippen molar-refractivity contribution in [3.8, 4) is 0 Å². The molecule has 0 heterocycles. The summed E-state index contributed by atoms with van der Waals surface area (Å²) in [6.07, 6.45) is 0.217. The Kier molecular flexibility index (Phi) is 9.75. The SMILES string of the molecule is CCC(CC)N(CCOC)C(=O)NCC[C@H](O)C(=O)O. The van der Waals surface area contributed by atoms with Crippen LogP contribution in [-0.2, 0) is 9.53 Å². The van der Waals surface area contributed by atoms with Crippen LogP contribution in [0.4, 0.5) is 4.79 Å². The van der Waals surface area contributed by atoms with E-state index in [1.165, 1.54) is 0 Å². The second-order valence-corrected chi connectivity index (χ2v) is 4.53. The van der Waals surface area contributed by atoms with E-state index in [1.54, 1.807) is 12.0 Å². The lowest BCUT2D eigenvalue weighted by molar-refractivity contribution is -0.146. The first-order chi connectivity index (χ1) is 9.47. The van der Waals surface area contributed by atoms with Crippen molar-refractivity contribution in [2.75, 3.05) is 26.8 Å². The maximum absolute atomic E-state index is 12.1. The van der Waals surface area contributed by atoms with Crippen molar-refractivity contribution in [2.24, 2.45) is 0 Å². The molecule has 118 valence electrons. The van der Waals surface area contributed by atoms with Crippen LogP contribution in [0.2, 0.25) is 0 Å². The number of hydrogen-bond acceptors (Lipinski definition) is 4. The van der Waals surface area contributed by atoms with Crippen molar-refractivity contribution in [3.05, 3.63) is 0 Å². The van der Waals surface area contributed by atoms with Crippen molar-refractivity contribution in [2.45, 2.75) is 45.3 Å². The third-order valence-electron chi connectivity index (χ3n) is 3.16. The summed E-state index contributed by atoms with van der Waals surface area (Å²) in [5, 5.41) is 20.3. The lowest BCUT2D eigenvalue weighted by Gasteiger charge is -2.30. The van der Waals surface area contributed by atoms with E-state index in [2.05, 4.69) is 5.32 Å². The summed E-state index contributed by atoms with van der Waals surface area (Å²) in [6.45, 7) is 5.07. The van der Waals surface area contributed by atoms with Crippen LogP contribution in [0.25, 0.3) is 0 Å². The molecule has 0 rings (SSSR count). The normalized spacial score (nSPS) is 12.2. The van der Waals surface area contributed by atoms with Crippen LogP contribution in [-0.4, -0.2) is 66.1 Å². The van der Waals surface area contributed by atoms with Crippen molar-refractivity contribution >= 4 is 12.0 Å². The number of aliphatic hydroxyl groups excluding tert-OH is 1. The average Bonchev–Trinajstić information content (AvgIpc) is 2.42.